The highest BCUT2D eigenvalue weighted by molar-refractivity contribution is 9.09. The molecule has 0 bridgehead atoms. The van der Waals surface area contributed by atoms with Crippen molar-refractivity contribution in [3.63, 3.8) is 0 Å². The summed E-state index contributed by atoms with van der Waals surface area (Å²) in [6.07, 6.45) is 0. The minimum Gasteiger partial charge on any atom is -0.342 e. The molecule has 0 heterocycles. The minimum atomic E-state index is -0.603. The Labute approximate surface area is 132 Å². The first-order valence-corrected chi connectivity index (χ1v) is 7.78. The highest BCUT2D eigenvalue weighted by atomic mass is 79.9. The van der Waals surface area contributed by atoms with Crippen molar-refractivity contribution in [1.29, 1.82) is 0 Å². The van der Waals surface area contributed by atoms with Gasteiger partial charge in [-0.1, -0.05) is 57.9 Å². The third-order valence-corrected chi connectivity index (χ3v) is 4.56. The zero-order valence-corrected chi connectivity index (χ0v) is 13.6. The second kappa shape index (κ2) is 6.39. The smallest absolute Gasteiger partial charge is 0.254 e. The Balaban J connectivity index is 2.30. The van der Waals surface area contributed by atoms with Gasteiger partial charge in [0.1, 0.15) is 5.82 Å². The van der Waals surface area contributed by atoms with Crippen molar-refractivity contribution >= 4 is 21.8 Å². The minimum absolute atomic E-state index is 0.0677. The molecule has 1 amide bonds. The third kappa shape index (κ3) is 3.50. The zero-order valence-electron chi connectivity index (χ0n) is 12.0. The predicted octanol–water partition coefficient (Wildman–Crippen LogP) is 4.17. The van der Waals surface area contributed by atoms with Crippen molar-refractivity contribution < 1.29 is 9.18 Å². The summed E-state index contributed by atoms with van der Waals surface area (Å²) >= 11 is 3.43. The first-order valence-electron chi connectivity index (χ1n) is 6.66. The summed E-state index contributed by atoms with van der Waals surface area (Å²) in [5, 5.41) is 3.45. The molecule has 110 valence electrons. The van der Waals surface area contributed by atoms with Crippen LogP contribution in [0.5, 0.6) is 0 Å². The van der Waals surface area contributed by atoms with Gasteiger partial charge >= 0.3 is 0 Å². The van der Waals surface area contributed by atoms with E-state index in [0.717, 1.165) is 11.1 Å². The molecule has 0 aliphatic carbocycles. The van der Waals surface area contributed by atoms with Crippen LogP contribution in [0.1, 0.15) is 28.4 Å². The van der Waals surface area contributed by atoms with Crippen molar-refractivity contribution in [2.45, 2.75) is 19.4 Å². The van der Waals surface area contributed by atoms with Gasteiger partial charge in [-0.05, 0) is 31.5 Å². The molecule has 2 aromatic carbocycles. The Morgan fingerprint density at radius 3 is 2.52 bits per heavy atom. The lowest BCUT2D eigenvalue weighted by Gasteiger charge is -2.29. The zero-order chi connectivity index (χ0) is 15.5. The number of hydrogen-bond acceptors (Lipinski definition) is 1. The van der Waals surface area contributed by atoms with Gasteiger partial charge in [0.25, 0.3) is 5.91 Å². The molecule has 0 aliphatic rings. The van der Waals surface area contributed by atoms with Crippen molar-refractivity contribution in [2.24, 2.45) is 0 Å². The first kappa shape index (κ1) is 15.7. The van der Waals surface area contributed by atoms with Crippen LogP contribution < -0.4 is 5.32 Å². The molecule has 0 aromatic heterocycles. The Morgan fingerprint density at radius 1 is 1.24 bits per heavy atom. The molecule has 0 fully saturated rings. The van der Waals surface area contributed by atoms with Crippen LogP contribution in [0.15, 0.2) is 48.5 Å². The lowest BCUT2D eigenvalue weighted by molar-refractivity contribution is 0.0910. The summed E-state index contributed by atoms with van der Waals surface area (Å²) in [5.74, 6) is -0.926. The van der Waals surface area contributed by atoms with E-state index in [1.165, 1.54) is 6.07 Å². The highest BCUT2D eigenvalue weighted by Crippen LogP contribution is 2.24. The monoisotopic (exact) mass is 349 g/mol. The standard InChI is InChI=1S/C17H17BrFNO/c1-12-8-9-15(19)14(10-12)16(21)20-17(2,11-18)13-6-4-3-5-7-13/h3-10H,11H2,1-2H3,(H,20,21). The molecule has 1 N–H and O–H groups in total. The van der Waals surface area contributed by atoms with E-state index in [4.69, 9.17) is 0 Å². The average Bonchev–Trinajstić information content (AvgIpc) is 2.50. The van der Waals surface area contributed by atoms with Gasteiger partial charge in [-0.2, -0.15) is 0 Å². The summed E-state index contributed by atoms with van der Waals surface area (Å²) in [6.45, 7) is 3.74. The van der Waals surface area contributed by atoms with Gasteiger partial charge in [-0.3, -0.25) is 4.79 Å². The second-order valence-corrected chi connectivity index (χ2v) is 5.83. The second-order valence-electron chi connectivity index (χ2n) is 5.27. The lowest BCUT2D eigenvalue weighted by atomic mass is 9.93. The predicted molar refractivity (Wildman–Crippen MR) is 86.2 cm³/mol. The molecule has 2 nitrogen and oxygen atoms in total. The maximum atomic E-state index is 13.8. The van der Waals surface area contributed by atoms with Crippen LogP contribution in [-0.4, -0.2) is 11.2 Å². The summed E-state index contributed by atoms with van der Waals surface area (Å²) in [6, 6.07) is 14.1. The fourth-order valence-corrected chi connectivity index (χ4v) is 2.58. The number of carbonyl (C=O) groups is 1. The Morgan fingerprint density at radius 2 is 1.90 bits per heavy atom. The van der Waals surface area contributed by atoms with E-state index >= 15 is 0 Å². The van der Waals surface area contributed by atoms with E-state index in [0.29, 0.717) is 5.33 Å². The quantitative estimate of drug-likeness (QED) is 0.824. The maximum absolute atomic E-state index is 13.8. The normalized spacial score (nSPS) is 13.5. The van der Waals surface area contributed by atoms with Crippen LogP contribution in [-0.2, 0) is 5.54 Å². The van der Waals surface area contributed by atoms with Crippen LogP contribution in [0.25, 0.3) is 0 Å². The van der Waals surface area contributed by atoms with Crippen molar-refractivity contribution in [3.05, 3.63) is 71.0 Å². The molecule has 21 heavy (non-hydrogen) atoms. The van der Waals surface area contributed by atoms with Crippen molar-refractivity contribution in [2.75, 3.05) is 5.33 Å². The Kier molecular flexibility index (Phi) is 4.78. The first-order chi connectivity index (χ1) is 9.96. The fraction of sp³-hybridized carbons (Fsp3) is 0.235. The maximum Gasteiger partial charge on any atom is 0.254 e. The molecule has 2 aromatic rings. The van der Waals surface area contributed by atoms with Crippen molar-refractivity contribution in [1.82, 2.24) is 5.32 Å². The van der Waals surface area contributed by atoms with Crippen LogP contribution >= 0.6 is 15.9 Å². The van der Waals surface area contributed by atoms with Crippen LogP contribution in [0.2, 0.25) is 0 Å². The van der Waals surface area contributed by atoms with E-state index in [9.17, 15) is 9.18 Å². The summed E-state index contributed by atoms with van der Waals surface area (Å²) in [4.78, 5) is 12.4. The van der Waals surface area contributed by atoms with E-state index in [1.807, 2.05) is 44.2 Å². The van der Waals surface area contributed by atoms with Crippen molar-refractivity contribution in [3.8, 4) is 0 Å². The number of halogens is 2. The fourth-order valence-electron chi connectivity index (χ4n) is 2.12. The number of alkyl halides is 1. The van der Waals surface area contributed by atoms with Crippen LogP contribution in [0.3, 0.4) is 0 Å². The number of benzene rings is 2. The SMILES string of the molecule is Cc1ccc(F)c(C(=O)NC(C)(CBr)c2ccccc2)c1. The average molecular weight is 350 g/mol. The number of amides is 1. The van der Waals surface area contributed by atoms with E-state index < -0.39 is 17.3 Å². The van der Waals surface area contributed by atoms with E-state index in [-0.39, 0.29) is 5.56 Å². The molecule has 0 saturated heterocycles. The number of hydrogen-bond donors (Lipinski definition) is 1. The van der Waals surface area contributed by atoms with Gasteiger partial charge in [0.2, 0.25) is 0 Å². The van der Waals surface area contributed by atoms with Gasteiger partial charge < -0.3 is 5.32 Å². The van der Waals surface area contributed by atoms with Gasteiger partial charge in [-0.25, -0.2) is 4.39 Å². The summed E-state index contributed by atoms with van der Waals surface area (Å²) < 4.78 is 13.8. The number of nitrogens with one attached hydrogen (secondary N) is 1. The number of carbonyl (C=O) groups excluding carboxylic acids is 1. The molecular formula is C17H17BrFNO. The molecule has 0 spiro atoms. The van der Waals surface area contributed by atoms with Gasteiger partial charge in [0.15, 0.2) is 0 Å². The molecule has 4 heteroatoms. The summed E-state index contributed by atoms with van der Waals surface area (Å²) in [5.41, 5.74) is 1.28. The molecule has 1 atom stereocenters. The molecule has 0 aliphatic heterocycles. The van der Waals surface area contributed by atoms with Crippen LogP contribution in [0, 0.1) is 12.7 Å². The largest absolute Gasteiger partial charge is 0.342 e. The lowest BCUT2D eigenvalue weighted by Crippen LogP contribution is -2.45. The summed E-state index contributed by atoms with van der Waals surface area (Å²) in [7, 11) is 0. The number of rotatable bonds is 4. The Bertz CT molecular complexity index is 644. The van der Waals surface area contributed by atoms with E-state index in [2.05, 4.69) is 21.2 Å². The number of aryl methyl sites for hydroxylation is 1. The highest BCUT2D eigenvalue weighted by Gasteiger charge is 2.28. The topological polar surface area (TPSA) is 29.1 Å². The van der Waals surface area contributed by atoms with Gasteiger partial charge in [-0.15, -0.1) is 0 Å². The van der Waals surface area contributed by atoms with E-state index in [1.54, 1.807) is 12.1 Å². The molecule has 0 radical (unpaired) electrons. The Hall–Kier alpha value is -1.68. The van der Waals surface area contributed by atoms with Gasteiger partial charge in [0.05, 0.1) is 11.1 Å². The molecule has 1 unspecified atom stereocenters. The van der Waals surface area contributed by atoms with Gasteiger partial charge in [0, 0.05) is 5.33 Å². The van der Waals surface area contributed by atoms with Crippen LogP contribution in [0.4, 0.5) is 4.39 Å². The molecular weight excluding hydrogens is 333 g/mol. The molecule has 2 rings (SSSR count). The molecule has 0 saturated carbocycles. The third-order valence-electron chi connectivity index (χ3n) is 3.43.